The van der Waals surface area contributed by atoms with Gasteiger partial charge in [0.1, 0.15) is 0 Å². The van der Waals surface area contributed by atoms with Crippen LogP contribution in [0.3, 0.4) is 0 Å². The van der Waals surface area contributed by atoms with Gasteiger partial charge in [0.2, 0.25) is 11.8 Å². The maximum atomic E-state index is 11.6. The van der Waals surface area contributed by atoms with Gasteiger partial charge < -0.3 is 9.84 Å². The van der Waals surface area contributed by atoms with Crippen LogP contribution in [0.1, 0.15) is 18.1 Å². The van der Waals surface area contributed by atoms with Crippen molar-refractivity contribution >= 4 is 15.7 Å². The van der Waals surface area contributed by atoms with Crippen LogP contribution in [0.4, 0.5) is 0 Å². The molecule has 1 saturated heterocycles. The van der Waals surface area contributed by atoms with Crippen LogP contribution in [-0.2, 0) is 21.1 Å². The van der Waals surface area contributed by atoms with Crippen LogP contribution in [0.25, 0.3) is 0 Å². The van der Waals surface area contributed by atoms with Gasteiger partial charge in [-0.05, 0) is 6.42 Å². The van der Waals surface area contributed by atoms with Crippen molar-refractivity contribution in [2.45, 2.75) is 25.8 Å². The second-order valence-electron chi connectivity index (χ2n) is 4.07. The molecule has 0 aromatic carbocycles. The molecule has 1 unspecified atom stereocenters. The molecule has 1 fully saturated rings. The molecule has 2 rings (SSSR count). The lowest BCUT2D eigenvalue weighted by Gasteiger charge is -2.08. The molecule has 8 heteroatoms. The number of sulfone groups is 1. The lowest BCUT2D eigenvalue weighted by Crippen LogP contribution is -2.36. The molecular formula is C9H13N3O4S. The Morgan fingerprint density at radius 2 is 2.35 bits per heavy atom. The standard InChI is InChI=1S/C9H13N3O4S/c1-6-10-8(12-16-6)4-9(13)11-7-2-3-17(14,15)5-7/h7H,2-5H2,1H3,(H,11,13). The number of hydrogen-bond donors (Lipinski definition) is 1. The van der Waals surface area contributed by atoms with Crippen LogP contribution in [0.2, 0.25) is 0 Å². The predicted molar refractivity (Wildman–Crippen MR) is 57.9 cm³/mol. The number of hydrogen-bond acceptors (Lipinski definition) is 6. The van der Waals surface area contributed by atoms with Crippen LogP contribution in [0.5, 0.6) is 0 Å². The second kappa shape index (κ2) is 4.44. The summed E-state index contributed by atoms with van der Waals surface area (Å²) in [7, 11) is -2.97. The molecule has 0 saturated carbocycles. The van der Waals surface area contributed by atoms with Crippen LogP contribution < -0.4 is 5.32 Å². The quantitative estimate of drug-likeness (QED) is 0.764. The molecule has 1 aliphatic heterocycles. The van der Waals surface area contributed by atoms with E-state index >= 15 is 0 Å². The fraction of sp³-hybridized carbons (Fsp3) is 0.667. The first-order valence-electron chi connectivity index (χ1n) is 5.23. The number of aromatic nitrogens is 2. The van der Waals surface area contributed by atoms with Gasteiger partial charge >= 0.3 is 0 Å². The highest BCUT2D eigenvalue weighted by Crippen LogP contribution is 2.11. The van der Waals surface area contributed by atoms with Crippen molar-refractivity contribution in [3.05, 3.63) is 11.7 Å². The van der Waals surface area contributed by atoms with Gasteiger partial charge in [0.15, 0.2) is 15.7 Å². The Labute approximate surface area is 98.5 Å². The molecule has 1 amide bonds. The maximum absolute atomic E-state index is 11.6. The summed E-state index contributed by atoms with van der Waals surface area (Å²) in [6.45, 7) is 1.64. The van der Waals surface area contributed by atoms with E-state index in [0.717, 1.165) is 0 Å². The Hall–Kier alpha value is -1.44. The first kappa shape index (κ1) is 12.0. The van der Waals surface area contributed by atoms with Gasteiger partial charge in [-0.25, -0.2) is 8.42 Å². The third-order valence-electron chi connectivity index (χ3n) is 2.49. The second-order valence-corrected chi connectivity index (χ2v) is 6.30. The van der Waals surface area contributed by atoms with Crippen molar-refractivity contribution < 1.29 is 17.7 Å². The average molecular weight is 259 g/mol. The largest absolute Gasteiger partial charge is 0.352 e. The predicted octanol–water partition coefficient (Wildman–Crippen LogP) is -0.776. The smallest absolute Gasteiger partial charge is 0.228 e. The number of rotatable bonds is 3. The van der Waals surface area contributed by atoms with E-state index in [0.29, 0.717) is 18.1 Å². The Morgan fingerprint density at radius 3 is 2.88 bits per heavy atom. The molecule has 0 radical (unpaired) electrons. The van der Waals surface area contributed by atoms with Crippen molar-refractivity contribution in [1.29, 1.82) is 0 Å². The van der Waals surface area contributed by atoms with E-state index in [9.17, 15) is 13.2 Å². The summed E-state index contributed by atoms with van der Waals surface area (Å²) in [4.78, 5) is 15.5. The SMILES string of the molecule is Cc1nc(CC(=O)NC2CCS(=O)(=O)C2)no1. The highest BCUT2D eigenvalue weighted by Gasteiger charge is 2.29. The van der Waals surface area contributed by atoms with Crippen LogP contribution >= 0.6 is 0 Å². The summed E-state index contributed by atoms with van der Waals surface area (Å²) in [6, 6.07) is -0.291. The lowest BCUT2D eigenvalue weighted by atomic mass is 10.2. The molecule has 1 aromatic heterocycles. The van der Waals surface area contributed by atoms with E-state index in [1.165, 1.54) is 0 Å². The normalized spacial score (nSPS) is 22.5. The van der Waals surface area contributed by atoms with Gasteiger partial charge in [0.05, 0.1) is 17.9 Å². The van der Waals surface area contributed by atoms with Gasteiger partial charge in [-0.15, -0.1) is 0 Å². The zero-order valence-electron chi connectivity index (χ0n) is 9.34. The molecule has 1 N–H and O–H groups in total. The van der Waals surface area contributed by atoms with Crippen LogP contribution in [-0.4, -0.2) is 42.0 Å². The fourth-order valence-corrected chi connectivity index (χ4v) is 3.42. The van der Waals surface area contributed by atoms with Gasteiger partial charge in [0, 0.05) is 13.0 Å². The highest BCUT2D eigenvalue weighted by molar-refractivity contribution is 7.91. The molecule has 1 aliphatic rings. The van der Waals surface area contributed by atoms with Crippen molar-refractivity contribution in [2.24, 2.45) is 0 Å². The lowest BCUT2D eigenvalue weighted by molar-refractivity contribution is -0.121. The molecule has 1 atom stereocenters. The third-order valence-corrected chi connectivity index (χ3v) is 4.25. The zero-order valence-corrected chi connectivity index (χ0v) is 10.2. The Bertz CT molecular complexity index is 522. The maximum Gasteiger partial charge on any atom is 0.228 e. The summed E-state index contributed by atoms with van der Waals surface area (Å²) in [5.74, 6) is 0.577. The van der Waals surface area contributed by atoms with Gasteiger partial charge in [-0.1, -0.05) is 5.16 Å². The summed E-state index contributed by atoms with van der Waals surface area (Å²) in [5, 5.41) is 6.25. The summed E-state index contributed by atoms with van der Waals surface area (Å²) < 4.78 is 27.1. The number of carbonyl (C=O) groups excluding carboxylic acids is 1. The first-order chi connectivity index (χ1) is 7.94. The van der Waals surface area contributed by atoms with E-state index < -0.39 is 9.84 Å². The van der Waals surface area contributed by atoms with Crippen LogP contribution in [0, 0.1) is 6.92 Å². The van der Waals surface area contributed by atoms with Crippen molar-refractivity contribution in [2.75, 3.05) is 11.5 Å². The zero-order chi connectivity index (χ0) is 12.5. The molecule has 94 valence electrons. The average Bonchev–Trinajstić information content (AvgIpc) is 2.73. The molecule has 0 aliphatic carbocycles. The molecule has 0 bridgehead atoms. The minimum atomic E-state index is -2.97. The molecule has 1 aromatic rings. The summed E-state index contributed by atoms with van der Waals surface area (Å²) >= 11 is 0. The number of aryl methyl sites for hydroxylation is 1. The van der Waals surface area contributed by atoms with E-state index in [4.69, 9.17) is 4.52 Å². The number of nitrogens with one attached hydrogen (secondary N) is 1. The minimum Gasteiger partial charge on any atom is -0.352 e. The van der Waals surface area contributed by atoms with E-state index in [-0.39, 0.29) is 29.9 Å². The Balaban J connectivity index is 1.86. The van der Waals surface area contributed by atoms with Crippen molar-refractivity contribution in [1.82, 2.24) is 15.5 Å². The first-order valence-corrected chi connectivity index (χ1v) is 7.06. The van der Waals surface area contributed by atoms with Crippen LogP contribution in [0.15, 0.2) is 4.52 Å². The summed E-state index contributed by atoms with van der Waals surface area (Å²) in [6.07, 6.45) is 0.479. The third kappa shape index (κ3) is 3.26. The molecule has 7 nitrogen and oxygen atoms in total. The highest BCUT2D eigenvalue weighted by atomic mass is 32.2. The van der Waals surface area contributed by atoms with Gasteiger partial charge in [0.25, 0.3) is 0 Å². The Kier molecular flexibility index (Phi) is 3.14. The number of carbonyl (C=O) groups is 1. The van der Waals surface area contributed by atoms with Crippen molar-refractivity contribution in [3.63, 3.8) is 0 Å². The Morgan fingerprint density at radius 1 is 1.59 bits per heavy atom. The topological polar surface area (TPSA) is 102 Å². The van der Waals surface area contributed by atoms with E-state index in [1.54, 1.807) is 6.92 Å². The molecular weight excluding hydrogens is 246 g/mol. The fourth-order valence-electron chi connectivity index (χ4n) is 1.74. The van der Waals surface area contributed by atoms with E-state index in [2.05, 4.69) is 15.5 Å². The minimum absolute atomic E-state index is 0.00783. The molecule has 2 heterocycles. The number of amides is 1. The van der Waals surface area contributed by atoms with E-state index in [1.807, 2.05) is 0 Å². The monoisotopic (exact) mass is 259 g/mol. The van der Waals surface area contributed by atoms with Gasteiger partial charge in [-0.3, -0.25) is 4.79 Å². The summed E-state index contributed by atoms with van der Waals surface area (Å²) in [5.41, 5.74) is 0. The van der Waals surface area contributed by atoms with Crippen molar-refractivity contribution in [3.8, 4) is 0 Å². The molecule has 17 heavy (non-hydrogen) atoms. The van der Waals surface area contributed by atoms with Gasteiger partial charge in [-0.2, -0.15) is 4.98 Å². The molecule has 0 spiro atoms. The number of nitrogens with zero attached hydrogens (tertiary/aromatic N) is 2.